The van der Waals surface area contributed by atoms with Gasteiger partial charge in [0.2, 0.25) is 0 Å². The first-order valence-electron chi connectivity index (χ1n) is 9.20. The Morgan fingerprint density at radius 2 is 1.70 bits per heavy atom. The van der Waals surface area contributed by atoms with Crippen molar-refractivity contribution in [1.82, 2.24) is 0 Å². The second-order valence-electron chi connectivity index (χ2n) is 6.93. The lowest BCUT2D eigenvalue weighted by molar-refractivity contribution is 0.721. The number of hydrogen-bond acceptors (Lipinski definition) is 6. The fourth-order valence-electron chi connectivity index (χ4n) is 3.72. The van der Waals surface area contributed by atoms with Crippen molar-refractivity contribution >= 4 is 29.5 Å². The Labute approximate surface area is 164 Å². The van der Waals surface area contributed by atoms with Gasteiger partial charge in [0.15, 0.2) is 0 Å². The van der Waals surface area contributed by atoms with Crippen LogP contribution in [0.1, 0.15) is 23.6 Å². The maximum atomic E-state index is 6.72. The summed E-state index contributed by atoms with van der Waals surface area (Å²) in [7, 11) is 0. The molecule has 2 aliphatic heterocycles. The minimum absolute atomic E-state index is 0.236. The third-order valence-corrected chi connectivity index (χ3v) is 6.16. The zero-order chi connectivity index (χ0) is 19.1. The van der Waals surface area contributed by atoms with Crippen molar-refractivity contribution in [3.05, 3.63) is 69.9 Å². The van der Waals surface area contributed by atoms with E-state index in [9.17, 15) is 0 Å². The highest BCUT2D eigenvalue weighted by Crippen LogP contribution is 2.45. The molecule has 0 radical (unpaired) electrons. The van der Waals surface area contributed by atoms with Crippen molar-refractivity contribution in [2.24, 2.45) is 16.5 Å². The van der Waals surface area contributed by atoms with Gasteiger partial charge in [-0.3, -0.25) is 0 Å². The zero-order valence-electron chi connectivity index (χ0n) is 15.9. The summed E-state index contributed by atoms with van der Waals surface area (Å²) >= 11 is 1.56. The zero-order valence-corrected chi connectivity index (χ0v) is 16.7. The van der Waals surface area contributed by atoms with E-state index in [2.05, 4.69) is 73.1 Å². The van der Waals surface area contributed by atoms with Crippen LogP contribution in [-0.2, 0) is 6.42 Å². The molecule has 0 fully saturated rings. The summed E-state index contributed by atoms with van der Waals surface area (Å²) in [5, 5.41) is 0.902. The van der Waals surface area contributed by atoms with Crippen molar-refractivity contribution in [2.45, 2.75) is 38.9 Å². The Morgan fingerprint density at radius 1 is 1.04 bits per heavy atom. The monoisotopic (exact) mass is 379 g/mol. The number of nitrogens with two attached hydrogens (primary N) is 2. The van der Waals surface area contributed by atoms with Gasteiger partial charge in [-0.1, -0.05) is 49.0 Å². The van der Waals surface area contributed by atoms with E-state index in [0.717, 1.165) is 28.5 Å². The maximum absolute atomic E-state index is 6.72. The molecule has 2 heterocycles. The lowest BCUT2D eigenvalue weighted by atomic mass is 10.1. The highest BCUT2D eigenvalue weighted by molar-refractivity contribution is 8.04. The maximum Gasteiger partial charge on any atom is 0.136 e. The Morgan fingerprint density at radius 3 is 2.33 bits per heavy atom. The van der Waals surface area contributed by atoms with Crippen LogP contribution in [0.2, 0.25) is 0 Å². The van der Waals surface area contributed by atoms with Gasteiger partial charge in [0.1, 0.15) is 16.7 Å². The van der Waals surface area contributed by atoms with Crippen LogP contribution >= 0.6 is 11.8 Å². The molecule has 2 atom stereocenters. The summed E-state index contributed by atoms with van der Waals surface area (Å²) in [5.41, 5.74) is 19.8. The van der Waals surface area contributed by atoms with Crippen molar-refractivity contribution in [2.75, 3.05) is 9.80 Å². The van der Waals surface area contributed by atoms with Crippen LogP contribution in [0.4, 0.5) is 11.4 Å². The Bertz CT molecular complexity index is 898. The largest absolute Gasteiger partial charge is 0.314 e. The molecule has 0 spiro atoms. The topological polar surface area (TPSA) is 70.9 Å². The molecule has 4 rings (SSSR count). The first-order valence-corrected chi connectivity index (χ1v) is 10.1. The Kier molecular flexibility index (Phi) is 4.72. The number of aliphatic imine (C=N–C) groups is 1. The number of benzene rings is 2. The molecule has 0 aromatic heterocycles. The molecule has 5 nitrogen and oxygen atoms in total. The molecule has 140 valence electrons. The lowest BCUT2D eigenvalue weighted by Crippen LogP contribution is -2.50. The van der Waals surface area contributed by atoms with Gasteiger partial charge in [0, 0.05) is 11.4 Å². The lowest BCUT2D eigenvalue weighted by Gasteiger charge is -2.36. The standard InChI is InChI=1S/C21H25N5S/c1-4-15-8-10-16(11-9-15)25-12-24-20-18(19(25)22)26(21(23)27-20)17-13(2)6-5-7-14(17)3/h5-12,19,21H,4,22-23H2,1-3H3. The molecular weight excluding hydrogens is 354 g/mol. The molecular formula is C21H25N5S. The highest BCUT2D eigenvalue weighted by Gasteiger charge is 2.39. The molecule has 0 bridgehead atoms. The van der Waals surface area contributed by atoms with E-state index < -0.39 is 0 Å². The number of aryl methyl sites for hydroxylation is 3. The molecule has 2 aromatic carbocycles. The Balaban J connectivity index is 1.73. The summed E-state index contributed by atoms with van der Waals surface area (Å²) in [6, 6.07) is 14.8. The van der Waals surface area contributed by atoms with Crippen LogP contribution in [0.25, 0.3) is 0 Å². The van der Waals surface area contributed by atoms with Crippen molar-refractivity contribution in [3.8, 4) is 0 Å². The van der Waals surface area contributed by atoms with Crippen LogP contribution in [0, 0.1) is 13.8 Å². The van der Waals surface area contributed by atoms with Gasteiger partial charge in [-0.05, 0) is 49.1 Å². The van der Waals surface area contributed by atoms with Crippen LogP contribution in [-0.4, -0.2) is 18.0 Å². The van der Waals surface area contributed by atoms with E-state index in [-0.39, 0.29) is 11.7 Å². The number of nitrogens with zero attached hydrogens (tertiary/aromatic N) is 3. The van der Waals surface area contributed by atoms with E-state index in [1.807, 2.05) is 11.2 Å². The fourth-order valence-corrected chi connectivity index (χ4v) is 4.72. The molecule has 0 aliphatic carbocycles. The predicted octanol–water partition coefficient (Wildman–Crippen LogP) is 3.66. The predicted molar refractivity (Wildman–Crippen MR) is 116 cm³/mol. The van der Waals surface area contributed by atoms with Gasteiger partial charge in [-0.15, -0.1) is 0 Å². The summed E-state index contributed by atoms with van der Waals surface area (Å²) in [5.74, 6) is 0. The van der Waals surface area contributed by atoms with E-state index in [1.165, 1.54) is 16.7 Å². The van der Waals surface area contributed by atoms with Crippen LogP contribution < -0.4 is 21.3 Å². The third-order valence-electron chi connectivity index (χ3n) is 5.17. The van der Waals surface area contributed by atoms with Crippen LogP contribution in [0.3, 0.4) is 0 Å². The molecule has 2 aliphatic rings. The number of hydrogen-bond donors (Lipinski definition) is 2. The first kappa shape index (κ1) is 18.1. The molecule has 0 amide bonds. The normalized spacial score (nSPS) is 21.8. The first-order chi connectivity index (χ1) is 13.0. The minimum atomic E-state index is -0.343. The number of rotatable bonds is 3. The number of thioether (sulfide) groups is 1. The van der Waals surface area contributed by atoms with Crippen LogP contribution in [0.5, 0.6) is 0 Å². The third kappa shape index (κ3) is 3.04. The van der Waals surface area contributed by atoms with Gasteiger partial charge in [0.05, 0.1) is 12.0 Å². The number of para-hydroxylation sites is 1. The summed E-state index contributed by atoms with van der Waals surface area (Å²) in [6.45, 7) is 6.37. The molecule has 27 heavy (non-hydrogen) atoms. The average Bonchev–Trinajstić information content (AvgIpc) is 2.99. The fraction of sp³-hybridized carbons (Fsp3) is 0.286. The van der Waals surface area contributed by atoms with E-state index in [1.54, 1.807) is 11.8 Å². The van der Waals surface area contributed by atoms with E-state index >= 15 is 0 Å². The number of anilines is 2. The molecule has 0 saturated heterocycles. The van der Waals surface area contributed by atoms with E-state index in [4.69, 9.17) is 11.5 Å². The summed E-state index contributed by atoms with van der Waals surface area (Å²) in [6.07, 6.45) is 2.49. The molecule has 0 saturated carbocycles. The molecule has 2 aromatic rings. The van der Waals surface area contributed by atoms with Crippen molar-refractivity contribution in [1.29, 1.82) is 0 Å². The molecule has 2 unspecified atom stereocenters. The van der Waals surface area contributed by atoms with Crippen LogP contribution in [0.15, 0.2) is 58.2 Å². The minimum Gasteiger partial charge on any atom is -0.314 e. The van der Waals surface area contributed by atoms with E-state index in [0.29, 0.717) is 0 Å². The summed E-state index contributed by atoms with van der Waals surface area (Å²) in [4.78, 5) is 8.83. The second kappa shape index (κ2) is 7.03. The smallest absolute Gasteiger partial charge is 0.136 e. The molecule has 4 N–H and O–H groups in total. The average molecular weight is 380 g/mol. The quantitative estimate of drug-likeness (QED) is 0.851. The van der Waals surface area contributed by atoms with Gasteiger partial charge in [-0.25, -0.2) is 4.99 Å². The summed E-state index contributed by atoms with van der Waals surface area (Å²) < 4.78 is 0. The SMILES string of the molecule is CCc1ccc(N2C=NC3=C(C2N)N(c2c(C)cccc2C)C(N)S3)cc1. The van der Waals surface area contributed by atoms with Gasteiger partial charge < -0.3 is 21.3 Å². The van der Waals surface area contributed by atoms with Crippen molar-refractivity contribution < 1.29 is 0 Å². The Hall–Kier alpha value is -2.28. The highest BCUT2D eigenvalue weighted by atomic mass is 32.2. The molecule has 6 heteroatoms. The van der Waals surface area contributed by atoms with Gasteiger partial charge in [-0.2, -0.15) is 0 Å². The van der Waals surface area contributed by atoms with Crippen molar-refractivity contribution in [3.63, 3.8) is 0 Å². The van der Waals surface area contributed by atoms with Gasteiger partial charge >= 0.3 is 0 Å². The van der Waals surface area contributed by atoms with Gasteiger partial charge in [0.25, 0.3) is 0 Å². The second-order valence-corrected chi connectivity index (χ2v) is 8.03.